The molecule has 198 valence electrons. The Morgan fingerprint density at radius 3 is 2.36 bits per heavy atom. The first-order valence-electron chi connectivity index (χ1n) is 11.5. The number of hydrogen-bond donors (Lipinski definition) is 0. The lowest BCUT2D eigenvalue weighted by atomic mass is 9.89. The van der Waals surface area contributed by atoms with Gasteiger partial charge in [0.15, 0.2) is 15.7 Å². The van der Waals surface area contributed by atoms with E-state index in [0.717, 1.165) is 5.57 Å². The van der Waals surface area contributed by atoms with Crippen molar-refractivity contribution < 1.29 is 21.6 Å². The van der Waals surface area contributed by atoms with Crippen molar-refractivity contribution in [2.75, 3.05) is 5.75 Å². The van der Waals surface area contributed by atoms with Crippen molar-refractivity contribution in [3.05, 3.63) is 47.4 Å². The van der Waals surface area contributed by atoms with E-state index in [1.54, 1.807) is 19.3 Å². The molecule has 0 N–H and O–H groups in total. The summed E-state index contributed by atoms with van der Waals surface area (Å²) in [6.45, 7) is 10.1. The minimum Gasteiger partial charge on any atom is -0.330 e. The molecular weight excluding hydrogens is 508 g/mol. The van der Waals surface area contributed by atoms with Gasteiger partial charge >= 0.3 is 6.18 Å². The van der Waals surface area contributed by atoms with Crippen molar-refractivity contribution in [3.63, 3.8) is 0 Å². The smallest absolute Gasteiger partial charge is 0.330 e. The molecule has 0 aliphatic heterocycles. The van der Waals surface area contributed by atoms with Gasteiger partial charge in [-0.25, -0.2) is 13.4 Å². The average molecular weight is 543 g/mol. The molecule has 0 bridgehead atoms. The van der Waals surface area contributed by atoms with E-state index in [-0.39, 0.29) is 28.6 Å². The topological polar surface area (TPSA) is 77.2 Å². The zero-order valence-electron chi connectivity index (χ0n) is 21.7. The zero-order valence-corrected chi connectivity index (χ0v) is 23.7. The van der Waals surface area contributed by atoms with Crippen LogP contribution in [0.15, 0.2) is 46.1 Å². The van der Waals surface area contributed by atoms with Crippen molar-refractivity contribution in [3.8, 4) is 11.5 Å². The molecule has 2 heterocycles. The molecule has 2 aromatic heterocycles. The lowest BCUT2D eigenvalue weighted by molar-refractivity contribution is -0.181. The van der Waals surface area contributed by atoms with Gasteiger partial charge in [0, 0.05) is 43.3 Å². The number of nitrogens with zero attached hydrogens (tertiary/aromatic N) is 4. The number of imidazole rings is 1. The maximum Gasteiger partial charge on any atom is 0.393 e. The predicted molar refractivity (Wildman–Crippen MR) is 143 cm³/mol. The highest BCUT2D eigenvalue weighted by Gasteiger charge is 2.47. The summed E-state index contributed by atoms with van der Waals surface area (Å²) in [7, 11) is 0.0863. The Morgan fingerprint density at radius 2 is 1.86 bits per heavy atom. The summed E-state index contributed by atoms with van der Waals surface area (Å²) in [5.74, 6) is -1.63. The predicted octanol–water partition coefficient (Wildman–Crippen LogP) is 6.05. The van der Waals surface area contributed by atoms with Gasteiger partial charge in [-0.15, -0.1) is 9.24 Å². The molecule has 0 spiro atoms. The van der Waals surface area contributed by atoms with Gasteiger partial charge < -0.3 is 4.57 Å². The highest BCUT2D eigenvalue weighted by molar-refractivity contribution is 7.91. The summed E-state index contributed by atoms with van der Waals surface area (Å²) >= 11 is 0. The van der Waals surface area contributed by atoms with Crippen molar-refractivity contribution in [1.82, 2.24) is 14.5 Å². The Morgan fingerprint density at radius 1 is 1.22 bits per heavy atom. The Hall–Kier alpha value is -2.32. The van der Waals surface area contributed by atoms with Gasteiger partial charge in [-0.05, 0) is 38.1 Å². The largest absolute Gasteiger partial charge is 0.393 e. The van der Waals surface area contributed by atoms with Crippen LogP contribution in [-0.4, -0.2) is 46.3 Å². The molecule has 0 amide bonds. The minimum absolute atomic E-state index is 0.0403. The van der Waals surface area contributed by atoms with Crippen LogP contribution < -0.4 is 0 Å². The maximum atomic E-state index is 13.8. The summed E-state index contributed by atoms with van der Waals surface area (Å²) in [4.78, 5) is 13.1. The SMILES string of the molecule is C/C=C\C=N/C(=C(C)C)c1cnc(-c2ncc(CC(C(F)(F)F)C(C)(C)P)n2C)c(S(=O)(=O)CC)c1. The molecule has 0 saturated carbocycles. The number of pyridine rings is 1. The van der Waals surface area contributed by atoms with Crippen molar-refractivity contribution in [2.45, 2.75) is 64.2 Å². The molecule has 6 nitrogen and oxygen atoms in total. The number of halogens is 3. The maximum absolute atomic E-state index is 13.8. The van der Waals surface area contributed by atoms with Crippen LogP contribution in [0.4, 0.5) is 13.2 Å². The number of aliphatic imine (C=N–C) groups is 1. The van der Waals surface area contributed by atoms with Crippen LogP contribution in [0.3, 0.4) is 0 Å². The summed E-state index contributed by atoms with van der Waals surface area (Å²) in [6, 6.07) is 1.51. The van der Waals surface area contributed by atoms with E-state index in [2.05, 4.69) is 24.2 Å². The van der Waals surface area contributed by atoms with E-state index in [1.165, 1.54) is 43.8 Å². The van der Waals surface area contributed by atoms with E-state index in [9.17, 15) is 21.6 Å². The molecule has 2 unspecified atom stereocenters. The number of sulfone groups is 1. The van der Waals surface area contributed by atoms with Crippen LogP contribution in [0.1, 0.15) is 52.8 Å². The molecule has 2 rings (SSSR count). The quantitative estimate of drug-likeness (QED) is 0.286. The fraction of sp³-hybridized carbons (Fsp3) is 0.480. The third kappa shape index (κ3) is 6.91. The van der Waals surface area contributed by atoms with Crippen molar-refractivity contribution >= 4 is 31.0 Å². The van der Waals surface area contributed by atoms with Gasteiger partial charge in [0.25, 0.3) is 0 Å². The molecule has 36 heavy (non-hydrogen) atoms. The van der Waals surface area contributed by atoms with E-state index in [4.69, 9.17) is 0 Å². The molecular formula is C25H34F3N4O2PS. The Balaban J connectivity index is 2.69. The third-order valence-electron chi connectivity index (χ3n) is 5.80. The molecule has 11 heteroatoms. The Bertz CT molecular complexity index is 1270. The molecule has 2 atom stereocenters. The zero-order chi connectivity index (χ0) is 27.5. The van der Waals surface area contributed by atoms with Crippen molar-refractivity contribution in [1.29, 1.82) is 0 Å². The first-order valence-corrected chi connectivity index (χ1v) is 13.7. The van der Waals surface area contributed by atoms with Gasteiger partial charge in [0.1, 0.15) is 5.69 Å². The normalized spacial score (nSPS) is 14.1. The first kappa shape index (κ1) is 29.9. The summed E-state index contributed by atoms with van der Waals surface area (Å²) < 4.78 is 68.9. The minimum atomic E-state index is -4.42. The lowest BCUT2D eigenvalue weighted by Gasteiger charge is -2.32. The summed E-state index contributed by atoms with van der Waals surface area (Å²) in [5, 5.41) is -1.10. The van der Waals surface area contributed by atoms with E-state index >= 15 is 0 Å². The summed E-state index contributed by atoms with van der Waals surface area (Å²) in [6.07, 6.45) is 3.33. The van der Waals surface area contributed by atoms with Crippen molar-refractivity contribution in [2.24, 2.45) is 18.0 Å². The second-order valence-corrected chi connectivity index (χ2v) is 13.1. The molecule has 0 aliphatic rings. The summed E-state index contributed by atoms with van der Waals surface area (Å²) in [5.41, 5.74) is 2.38. The second kappa shape index (κ2) is 11.4. The van der Waals surface area contributed by atoms with Crippen LogP contribution in [0, 0.1) is 5.92 Å². The van der Waals surface area contributed by atoms with E-state index < -0.39 is 27.1 Å². The van der Waals surface area contributed by atoms with Gasteiger partial charge in [0.2, 0.25) is 0 Å². The van der Waals surface area contributed by atoms with E-state index in [0.29, 0.717) is 17.0 Å². The number of rotatable bonds is 9. The average Bonchev–Trinajstić information content (AvgIpc) is 3.13. The van der Waals surface area contributed by atoms with Crippen LogP contribution in [-0.2, 0) is 23.3 Å². The fourth-order valence-corrected chi connectivity index (χ4v) is 5.06. The highest BCUT2D eigenvalue weighted by Crippen LogP contribution is 2.42. The number of allylic oxidation sites excluding steroid dienone is 3. The lowest BCUT2D eigenvalue weighted by Crippen LogP contribution is -2.39. The molecule has 0 aromatic carbocycles. The molecule has 0 radical (unpaired) electrons. The van der Waals surface area contributed by atoms with Crippen LogP contribution in [0.2, 0.25) is 0 Å². The highest BCUT2D eigenvalue weighted by atomic mass is 32.2. The van der Waals surface area contributed by atoms with E-state index in [1.807, 2.05) is 26.8 Å². The van der Waals surface area contributed by atoms with Crippen LogP contribution >= 0.6 is 9.24 Å². The molecule has 0 saturated heterocycles. The molecule has 0 fully saturated rings. The fourth-order valence-electron chi connectivity index (χ4n) is 3.69. The standard InChI is InChI=1S/C25H34F3N4O2PS/c1-8-10-11-29-21(16(3)4)17-12-19(36(33,34)9-2)22(30-14-17)23-31-15-18(32(23)7)13-20(24(5,6)35)25(26,27)28/h8,10-12,14-15,20H,9,13,35H2,1-7H3/b10-8-,29-11-. The van der Waals surface area contributed by atoms with Gasteiger partial charge in [-0.3, -0.25) is 9.98 Å². The number of aromatic nitrogens is 3. The van der Waals surface area contributed by atoms with Crippen LogP contribution in [0.25, 0.3) is 17.2 Å². The molecule has 0 aliphatic carbocycles. The van der Waals surface area contributed by atoms with Crippen LogP contribution in [0.5, 0.6) is 0 Å². The number of alkyl halides is 3. The van der Waals surface area contributed by atoms with Gasteiger partial charge in [-0.2, -0.15) is 13.2 Å². The Kier molecular flexibility index (Phi) is 9.46. The Labute approximate surface area is 214 Å². The number of hydrogen-bond acceptors (Lipinski definition) is 5. The van der Waals surface area contributed by atoms with Gasteiger partial charge in [0.05, 0.1) is 22.3 Å². The second-order valence-electron chi connectivity index (χ2n) is 9.38. The third-order valence-corrected chi connectivity index (χ3v) is 7.94. The first-order chi connectivity index (χ1) is 16.5. The van der Waals surface area contributed by atoms with Gasteiger partial charge in [-0.1, -0.05) is 32.4 Å². The molecule has 2 aromatic rings. The monoisotopic (exact) mass is 542 g/mol.